The smallest absolute Gasteiger partial charge is 0.471 e. The molecule has 1 rings (SSSR count). The van der Waals surface area contributed by atoms with Crippen LogP contribution in [0.3, 0.4) is 0 Å². The first-order chi connectivity index (χ1) is 11.6. The minimum absolute atomic E-state index is 0.00903. The number of ether oxygens (including phenoxy) is 2. The summed E-state index contributed by atoms with van der Waals surface area (Å²) in [5, 5.41) is 1.97. The highest BCUT2D eigenvalue weighted by Gasteiger charge is 2.38. The maximum absolute atomic E-state index is 12.0. The standard InChI is InChI=1S/C14H12Cl4F3NO3/c15-3-2-11(18)25-8-6-9(16)12(10(17)7-8)24-5-1-4-22-13(23)14(19,20)21/h2-3,6-7,11H,1,4-5H2,(H,22,23). The van der Waals surface area contributed by atoms with Crippen LogP contribution in [0.2, 0.25) is 10.0 Å². The minimum atomic E-state index is -4.91. The third-order valence-corrected chi connectivity index (χ3v) is 3.50. The number of carbonyl (C=O) groups is 1. The maximum atomic E-state index is 12.0. The normalized spacial score (nSPS) is 12.9. The molecule has 0 spiro atoms. The van der Waals surface area contributed by atoms with Crippen molar-refractivity contribution in [1.82, 2.24) is 5.32 Å². The van der Waals surface area contributed by atoms with Crippen molar-refractivity contribution in [3.8, 4) is 11.5 Å². The summed E-state index contributed by atoms with van der Waals surface area (Å²) in [6.07, 6.45) is -3.41. The number of benzene rings is 1. The lowest BCUT2D eigenvalue weighted by atomic mass is 10.3. The van der Waals surface area contributed by atoms with Gasteiger partial charge in [0.1, 0.15) is 5.75 Å². The predicted molar refractivity (Wildman–Crippen MR) is 90.9 cm³/mol. The average molecular weight is 441 g/mol. The molecule has 1 aromatic rings. The van der Waals surface area contributed by atoms with Crippen LogP contribution in [0.1, 0.15) is 6.42 Å². The van der Waals surface area contributed by atoms with Crippen LogP contribution in [0.4, 0.5) is 13.2 Å². The molecule has 0 aliphatic heterocycles. The third-order valence-electron chi connectivity index (χ3n) is 2.56. The van der Waals surface area contributed by atoms with Gasteiger partial charge in [0.25, 0.3) is 0 Å². The molecule has 0 saturated heterocycles. The number of nitrogens with one attached hydrogen (secondary N) is 1. The van der Waals surface area contributed by atoms with Crippen LogP contribution < -0.4 is 14.8 Å². The van der Waals surface area contributed by atoms with Crippen molar-refractivity contribution in [3.05, 3.63) is 33.8 Å². The highest BCUT2D eigenvalue weighted by molar-refractivity contribution is 6.37. The number of alkyl halides is 4. The Morgan fingerprint density at radius 3 is 2.40 bits per heavy atom. The molecule has 1 unspecified atom stereocenters. The second-order valence-corrected chi connectivity index (χ2v) is 5.96. The zero-order valence-electron chi connectivity index (χ0n) is 12.4. The van der Waals surface area contributed by atoms with E-state index in [2.05, 4.69) is 0 Å². The van der Waals surface area contributed by atoms with Gasteiger partial charge in [-0.15, -0.1) is 0 Å². The molecule has 0 aliphatic carbocycles. The molecule has 1 N–H and O–H groups in total. The number of hydrogen-bond acceptors (Lipinski definition) is 3. The van der Waals surface area contributed by atoms with Crippen molar-refractivity contribution in [2.75, 3.05) is 13.2 Å². The lowest BCUT2D eigenvalue weighted by Crippen LogP contribution is -2.37. The van der Waals surface area contributed by atoms with Gasteiger partial charge >= 0.3 is 12.1 Å². The van der Waals surface area contributed by atoms with Gasteiger partial charge in [-0.3, -0.25) is 4.79 Å². The summed E-state index contributed by atoms with van der Waals surface area (Å²) in [6, 6.07) is 2.82. The van der Waals surface area contributed by atoms with Crippen molar-refractivity contribution < 1.29 is 27.4 Å². The second-order valence-electron chi connectivity index (χ2n) is 4.46. The lowest BCUT2D eigenvalue weighted by molar-refractivity contribution is -0.173. The van der Waals surface area contributed by atoms with Gasteiger partial charge in [-0.25, -0.2) is 0 Å². The van der Waals surface area contributed by atoms with Crippen molar-refractivity contribution in [2.45, 2.75) is 18.2 Å². The topological polar surface area (TPSA) is 47.6 Å². The molecule has 1 amide bonds. The van der Waals surface area contributed by atoms with E-state index in [0.29, 0.717) is 0 Å². The largest absolute Gasteiger partial charge is 0.490 e. The summed E-state index contributed by atoms with van der Waals surface area (Å²) < 4.78 is 46.6. The fraction of sp³-hybridized carbons (Fsp3) is 0.357. The van der Waals surface area contributed by atoms with Crippen molar-refractivity contribution in [2.24, 2.45) is 0 Å². The van der Waals surface area contributed by atoms with Crippen molar-refractivity contribution in [1.29, 1.82) is 0 Å². The first kappa shape index (κ1) is 22.0. The number of hydrogen-bond donors (Lipinski definition) is 1. The molecule has 0 saturated carbocycles. The van der Waals surface area contributed by atoms with Gasteiger partial charge in [-0.05, 0) is 12.5 Å². The molecule has 4 nitrogen and oxygen atoms in total. The van der Waals surface area contributed by atoms with Gasteiger partial charge in [0, 0.05) is 24.2 Å². The Labute approximate surface area is 161 Å². The molecule has 25 heavy (non-hydrogen) atoms. The summed E-state index contributed by atoms with van der Waals surface area (Å²) in [7, 11) is 0. The monoisotopic (exact) mass is 439 g/mol. The fourth-order valence-electron chi connectivity index (χ4n) is 1.52. The molecule has 1 aromatic carbocycles. The Bertz CT molecular complexity index is 603. The quantitative estimate of drug-likeness (QED) is 0.449. The van der Waals surface area contributed by atoms with Crippen LogP contribution >= 0.6 is 46.4 Å². The number of amides is 1. The zero-order valence-corrected chi connectivity index (χ0v) is 15.4. The van der Waals surface area contributed by atoms with Gasteiger partial charge in [0.05, 0.1) is 16.7 Å². The number of halogens is 7. The van der Waals surface area contributed by atoms with Crippen LogP contribution in [0.15, 0.2) is 23.7 Å². The average Bonchev–Trinajstić information content (AvgIpc) is 2.48. The van der Waals surface area contributed by atoms with Gasteiger partial charge in [-0.2, -0.15) is 13.2 Å². The van der Waals surface area contributed by atoms with Gasteiger partial charge in [-0.1, -0.05) is 46.4 Å². The first-order valence-corrected chi connectivity index (χ1v) is 8.32. The summed E-state index contributed by atoms with van der Waals surface area (Å²) in [5.41, 5.74) is 0.365. The van der Waals surface area contributed by atoms with E-state index in [0.717, 1.165) is 0 Å². The van der Waals surface area contributed by atoms with Gasteiger partial charge in [0.15, 0.2) is 11.3 Å². The van der Waals surface area contributed by atoms with E-state index in [-0.39, 0.29) is 41.1 Å². The molecule has 0 aromatic heterocycles. The Morgan fingerprint density at radius 2 is 1.88 bits per heavy atom. The van der Waals surface area contributed by atoms with Crippen molar-refractivity contribution >= 4 is 52.3 Å². The second kappa shape index (κ2) is 10.2. The summed E-state index contributed by atoms with van der Waals surface area (Å²) in [5.74, 6) is -1.60. The highest BCUT2D eigenvalue weighted by Crippen LogP contribution is 2.37. The van der Waals surface area contributed by atoms with Gasteiger partial charge in [0.2, 0.25) is 0 Å². The third kappa shape index (κ3) is 7.81. The Balaban J connectivity index is 2.53. The Hall–Kier alpha value is -1.02. The zero-order chi connectivity index (χ0) is 19.0. The fourth-order valence-corrected chi connectivity index (χ4v) is 2.48. The summed E-state index contributed by atoms with van der Waals surface area (Å²) in [6.45, 7) is -0.224. The molecule has 0 radical (unpaired) electrons. The molecular formula is C14H12Cl4F3NO3. The van der Waals surface area contributed by atoms with Gasteiger partial charge < -0.3 is 14.8 Å². The molecular weight excluding hydrogens is 429 g/mol. The van der Waals surface area contributed by atoms with Crippen LogP contribution in [0, 0.1) is 0 Å². The molecule has 0 aliphatic rings. The molecule has 0 bridgehead atoms. The van der Waals surface area contributed by atoms with Crippen LogP contribution in [0.5, 0.6) is 11.5 Å². The highest BCUT2D eigenvalue weighted by atomic mass is 35.5. The molecule has 0 heterocycles. The summed E-state index contributed by atoms with van der Waals surface area (Å²) >= 11 is 23.2. The van der Waals surface area contributed by atoms with E-state index < -0.39 is 17.6 Å². The minimum Gasteiger partial charge on any atom is -0.490 e. The van der Waals surface area contributed by atoms with E-state index in [9.17, 15) is 18.0 Å². The number of rotatable bonds is 8. The van der Waals surface area contributed by atoms with Crippen LogP contribution in [0.25, 0.3) is 0 Å². The Morgan fingerprint density at radius 1 is 1.28 bits per heavy atom. The van der Waals surface area contributed by atoms with E-state index in [4.69, 9.17) is 55.9 Å². The first-order valence-electron chi connectivity index (χ1n) is 6.69. The van der Waals surface area contributed by atoms with Crippen molar-refractivity contribution in [3.63, 3.8) is 0 Å². The van der Waals surface area contributed by atoms with E-state index >= 15 is 0 Å². The Kier molecular flexibility index (Phi) is 8.99. The van der Waals surface area contributed by atoms with E-state index in [1.54, 1.807) is 5.32 Å². The van der Waals surface area contributed by atoms with E-state index in [1.807, 2.05) is 0 Å². The lowest BCUT2D eigenvalue weighted by Gasteiger charge is -2.14. The van der Waals surface area contributed by atoms with Crippen LogP contribution in [-0.2, 0) is 4.79 Å². The summed E-state index contributed by atoms with van der Waals surface area (Å²) in [4.78, 5) is 10.6. The predicted octanol–water partition coefficient (Wildman–Crippen LogP) is 5.14. The molecule has 1 atom stereocenters. The van der Waals surface area contributed by atoms with Crippen LogP contribution in [-0.4, -0.2) is 30.8 Å². The number of carbonyl (C=O) groups excluding carboxylic acids is 1. The molecule has 0 fully saturated rings. The molecule has 11 heteroatoms. The maximum Gasteiger partial charge on any atom is 0.471 e. The SMILES string of the molecule is O=C(NCCCOc1c(Cl)cc(OC(Cl)C=CCl)cc1Cl)C(F)(F)F. The molecule has 140 valence electrons. The van der Waals surface area contributed by atoms with E-state index in [1.165, 1.54) is 23.7 Å².